The maximum atomic E-state index is 11.9. The van der Waals surface area contributed by atoms with E-state index in [0.29, 0.717) is 10.3 Å². The van der Waals surface area contributed by atoms with Gasteiger partial charge >= 0.3 is 6.03 Å². The number of aromatic nitrogens is 2. The van der Waals surface area contributed by atoms with E-state index in [2.05, 4.69) is 40.8 Å². The Balaban J connectivity index is 1.96. The van der Waals surface area contributed by atoms with Crippen molar-refractivity contribution in [3.05, 3.63) is 29.8 Å². The number of amides is 2. The Morgan fingerprint density at radius 2 is 1.95 bits per heavy atom. The second-order valence-corrected chi connectivity index (χ2v) is 8.04. The van der Waals surface area contributed by atoms with Gasteiger partial charge in [-0.15, -0.1) is 0 Å². The summed E-state index contributed by atoms with van der Waals surface area (Å²) in [5.41, 5.74) is 1.79. The van der Waals surface area contributed by atoms with Gasteiger partial charge in [0.25, 0.3) is 0 Å². The summed E-state index contributed by atoms with van der Waals surface area (Å²) in [5.74, 6) is 0. The Hall–Kier alpha value is -1.60. The lowest BCUT2D eigenvalue weighted by Gasteiger charge is -2.13. The highest BCUT2D eigenvalue weighted by atomic mass is 32.2. The summed E-state index contributed by atoms with van der Waals surface area (Å²) < 4.78 is 4.27. The zero-order chi connectivity index (χ0) is 15.5. The zero-order valence-corrected chi connectivity index (χ0v) is 14.1. The van der Waals surface area contributed by atoms with Crippen LogP contribution in [0, 0.1) is 6.92 Å². The van der Waals surface area contributed by atoms with Crippen molar-refractivity contribution < 1.29 is 4.79 Å². The first-order valence-corrected chi connectivity index (χ1v) is 8.09. The lowest BCUT2D eigenvalue weighted by Crippen LogP contribution is -2.19. The highest BCUT2D eigenvalue weighted by molar-refractivity contribution is 8.00. The Morgan fingerprint density at radius 1 is 1.24 bits per heavy atom. The molecule has 0 aliphatic carbocycles. The standard InChI is InChI=1S/C14H18N4OS2/c1-9-7-5-6-8-10(9)15-11(19)16-12-17-13(18-21-12)20-14(2,3)4/h5-8H,1-4H3,(H2,15,16,17,18,19). The third kappa shape index (κ3) is 5.02. The van der Waals surface area contributed by atoms with Crippen molar-refractivity contribution in [3.8, 4) is 0 Å². The molecule has 0 aliphatic heterocycles. The molecule has 2 rings (SSSR count). The Kier molecular flexibility index (Phi) is 4.84. The molecule has 0 aliphatic rings. The molecule has 0 unspecified atom stereocenters. The van der Waals surface area contributed by atoms with Crippen LogP contribution in [0.15, 0.2) is 29.4 Å². The molecule has 1 aromatic carbocycles. The maximum absolute atomic E-state index is 11.9. The summed E-state index contributed by atoms with van der Waals surface area (Å²) in [5, 5.41) is 6.68. The van der Waals surface area contributed by atoms with Gasteiger partial charge in [0.05, 0.1) is 0 Å². The Bertz CT molecular complexity index is 634. The lowest BCUT2D eigenvalue weighted by molar-refractivity contribution is 0.262. The highest BCUT2D eigenvalue weighted by Gasteiger charge is 2.16. The van der Waals surface area contributed by atoms with E-state index >= 15 is 0 Å². The summed E-state index contributed by atoms with van der Waals surface area (Å²) >= 11 is 2.75. The second kappa shape index (κ2) is 6.44. The van der Waals surface area contributed by atoms with E-state index in [1.165, 1.54) is 11.5 Å². The second-order valence-electron chi connectivity index (χ2n) is 5.49. The van der Waals surface area contributed by atoms with E-state index < -0.39 is 0 Å². The molecule has 5 nitrogen and oxygen atoms in total. The average Bonchev–Trinajstić information content (AvgIpc) is 2.77. The average molecular weight is 322 g/mol. The molecule has 2 amide bonds. The van der Waals surface area contributed by atoms with Crippen molar-refractivity contribution >= 4 is 40.1 Å². The number of hydrogen-bond donors (Lipinski definition) is 2. The van der Waals surface area contributed by atoms with Crippen molar-refractivity contribution in [1.29, 1.82) is 0 Å². The van der Waals surface area contributed by atoms with Gasteiger partial charge in [0, 0.05) is 22.0 Å². The quantitative estimate of drug-likeness (QED) is 0.823. The SMILES string of the molecule is Cc1ccccc1NC(=O)Nc1nc(SC(C)(C)C)ns1. The number of para-hydroxylation sites is 1. The summed E-state index contributed by atoms with van der Waals surface area (Å²) in [6.07, 6.45) is 0. The van der Waals surface area contributed by atoms with Gasteiger partial charge in [0.2, 0.25) is 10.3 Å². The number of anilines is 2. The number of nitrogens with one attached hydrogen (secondary N) is 2. The van der Waals surface area contributed by atoms with Crippen LogP contribution in [-0.4, -0.2) is 20.1 Å². The Labute approximate surface area is 132 Å². The molecule has 0 spiro atoms. The highest BCUT2D eigenvalue weighted by Crippen LogP contribution is 2.31. The number of carbonyl (C=O) groups is 1. The van der Waals surface area contributed by atoms with E-state index in [0.717, 1.165) is 11.3 Å². The summed E-state index contributed by atoms with van der Waals surface area (Å²) in [6, 6.07) is 7.30. The molecule has 0 fully saturated rings. The molecule has 0 bridgehead atoms. The number of aryl methyl sites for hydroxylation is 1. The third-order valence-electron chi connectivity index (χ3n) is 2.42. The number of thioether (sulfide) groups is 1. The van der Waals surface area contributed by atoms with Crippen LogP contribution in [-0.2, 0) is 0 Å². The van der Waals surface area contributed by atoms with E-state index in [9.17, 15) is 4.79 Å². The minimum absolute atomic E-state index is 0.0434. The first kappa shape index (κ1) is 15.8. The van der Waals surface area contributed by atoms with Gasteiger partial charge in [-0.2, -0.15) is 9.36 Å². The predicted octanol–water partition coefficient (Wildman–Crippen LogP) is 4.38. The molecule has 0 saturated heterocycles. The van der Waals surface area contributed by atoms with Crippen molar-refractivity contribution in [1.82, 2.24) is 9.36 Å². The first-order valence-electron chi connectivity index (χ1n) is 6.50. The summed E-state index contributed by atoms with van der Waals surface area (Å²) in [4.78, 5) is 16.2. The molecule has 0 atom stereocenters. The van der Waals surface area contributed by atoms with Gasteiger partial charge in [-0.1, -0.05) is 50.7 Å². The van der Waals surface area contributed by atoms with Crippen LogP contribution in [0.1, 0.15) is 26.3 Å². The first-order chi connectivity index (χ1) is 9.83. The van der Waals surface area contributed by atoms with Crippen LogP contribution in [0.4, 0.5) is 15.6 Å². The van der Waals surface area contributed by atoms with Crippen molar-refractivity contribution in [3.63, 3.8) is 0 Å². The summed E-state index contributed by atoms with van der Waals surface area (Å²) in [7, 11) is 0. The summed E-state index contributed by atoms with van der Waals surface area (Å²) in [6.45, 7) is 8.22. The minimum Gasteiger partial charge on any atom is -0.307 e. The van der Waals surface area contributed by atoms with Crippen LogP contribution < -0.4 is 10.6 Å². The van der Waals surface area contributed by atoms with E-state index in [1.54, 1.807) is 11.8 Å². The molecule has 21 heavy (non-hydrogen) atoms. The van der Waals surface area contributed by atoms with Crippen LogP contribution in [0.2, 0.25) is 0 Å². The van der Waals surface area contributed by atoms with Crippen LogP contribution in [0.25, 0.3) is 0 Å². The number of hydrogen-bond acceptors (Lipinski definition) is 5. The minimum atomic E-state index is -0.312. The molecule has 1 aromatic heterocycles. The molecule has 0 saturated carbocycles. The number of rotatable bonds is 3. The number of benzene rings is 1. The van der Waals surface area contributed by atoms with E-state index in [4.69, 9.17) is 0 Å². The van der Waals surface area contributed by atoms with Gasteiger partial charge in [-0.3, -0.25) is 5.32 Å². The topological polar surface area (TPSA) is 66.9 Å². The van der Waals surface area contributed by atoms with Crippen molar-refractivity contribution in [2.24, 2.45) is 0 Å². The predicted molar refractivity (Wildman–Crippen MR) is 89.3 cm³/mol. The molecule has 7 heteroatoms. The normalized spacial score (nSPS) is 11.2. The monoisotopic (exact) mass is 322 g/mol. The fraction of sp³-hybridized carbons (Fsp3) is 0.357. The largest absolute Gasteiger partial charge is 0.325 e. The van der Waals surface area contributed by atoms with Crippen LogP contribution in [0.3, 0.4) is 0 Å². The maximum Gasteiger partial charge on any atom is 0.325 e. The van der Waals surface area contributed by atoms with Gasteiger partial charge in [0.1, 0.15) is 0 Å². The van der Waals surface area contributed by atoms with Gasteiger partial charge in [0.15, 0.2) is 0 Å². The number of urea groups is 1. The zero-order valence-electron chi connectivity index (χ0n) is 12.4. The third-order valence-corrected chi connectivity index (χ3v) is 4.14. The molecular weight excluding hydrogens is 304 g/mol. The number of nitrogens with zero attached hydrogens (tertiary/aromatic N) is 2. The Morgan fingerprint density at radius 3 is 2.62 bits per heavy atom. The van der Waals surface area contributed by atoms with Crippen molar-refractivity contribution in [2.45, 2.75) is 37.6 Å². The van der Waals surface area contributed by atoms with Crippen LogP contribution >= 0.6 is 23.3 Å². The van der Waals surface area contributed by atoms with E-state index in [1.807, 2.05) is 31.2 Å². The van der Waals surface area contributed by atoms with Gasteiger partial charge in [-0.05, 0) is 18.6 Å². The molecular formula is C14H18N4OS2. The molecule has 2 aromatic rings. The lowest BCUT2D eigenvalue weighted by atomic mass is 10.2. The smallest absolute Gasteiger partial charge is 0.307 e. The fourth-order valence-electron chi connectivity index (χ4n) is 1.54. The van der Waals surface area contributed by atoms with Gasteiger partial charge in [-0.25, -0.2) is 4.79 Å². The fourth-order valence-corrected chi connectivity index (χ4v) is 3.01. The molecule has 112 valence electrons. The van der Waals surface area contributed by atoms with E-state index in [-0.39, 0.29) is 10.8 Å². The van der Waals surface area contributed by atoms with Crippen molar-refractivity contribution in [2.75, 3.05) is 10.6 Å². The molecule has 1 heterocycles. The molecule has 2 N–H and O–H groups in total. The van der Waals surface area contributed by atoms with Gasteiger partial charge < -0.3 is 5.32 Å². The number of carbonyl (C=O) groups excluding carboxylic acids is 1. The molecule has 0 radical (unpaired) electrons. The van der Waals surface area contributed by atoms with Crippen LogP contribution in [0.5, 0.6) is 0 Å².